The molecule has 1 aliphatic heterocycles. The smallest absolute Gasteiger partial charge is 0.244 e. The third-order valence-corrected chi connectivity index (χ3v) is 5.80. The minimum Gasteiger partial charge on any atom is -0.333 e. The zero-order chi connectivity index (χ0) is 26.5. The van der Waals surface area contributed by atoms with Gasteiger partial charge < -0.3 is 26.1 Å². The molecule has 1 atom stereocenters. The van der Waals surface area contributed by atoms with Gasteiger partial charge in [0.25, 0.3) is 0 Å². The molecule has 1 amide bonds. The van der Waals surface area contributed by atoms with Gasteiger partial charge in [0.05, 0.1) is 16.6 Å². The van der Waals surface area contributed by atoms with E-state index >= 15 is 0 Å². The van der Waals surface area contributed by atoms with Crippen molar-refractivity contribution in [3.63, 3.8) is 0 Å². The predicted molar refractivity (Wildman–Crippen MR) is 138 cm³/mol. The second-order valence-electron chi connectivity index (χ2n) is 7.75. The third kappa shape index (κ3) is 7.41. The number of amides is 1. The predicted octanol–water partition coefficient (Wildman–Crippen LogP) is 2.01. The highest BCUT2D eigenvalue weighted by Crippen LogP contribution is 2.18. The largest absolute Gasteiger partial charge is 0.333 e. The van der Waals surface area contributed by atoms with E-state index in [4.69, 9.17) is 11.6 Å². The highest BCUT2D eigenvalue weighted by molar-refractivity contribution is 6.30. The Labute approximate surface area is 214 Å². The summed E-state index contributed by atoms with van der Waals surface area (Å²) in [7, 11) is 3.26. The van der Waals surface area contributed by atoms with Crippen LogP contribution in [0.5, 0.6) is 0 Å². The number of hydrogen-bond acceptors (Lipinski definition) is 7. The van der Waals surface area contributed by atoms with Gasteiger partial charge >= 0.3 is 0 Å². The maximum Gasteiger partial charge on any atom is 0.244 e. The van der Waals surface area contributed by atoms with Crippen LogP contribution in [0.15, 0.2) is 42.5 Å². The lowest BCUT2D eigenvalue weighted by molar-refractivity contribution is -0.136. The molecule has 1 aromatic heterocycles. The van der Waals surface area contributed by atoms with Crippen LogP contribution in [-0.4, -0.2) is 72.9 Å². The van der Waals surface area contributed by atoms with Gasteiger partial charge in [0.2, 0.25) is 5.91 Å². The van der Waals surface area contributed by atoms with Crippen molar-refractivity contribution < 1.29 is 18.8 Å². The van der Waals surface area contributed by atoms with Crippen molar-refractivity contribution >= 4 is 41.0 Å². The number of aldehydes is 2. The average molecular weight is 519 g/mol. The molecule has 4 rings (SSSR count). The van der Waals surface area contributed by atoms with E-state index in [0.717, 1.165) is 17.2 Å². The zero-order valence-electron chi connectivity index (χ0n) is 20.4. The lowest BCUT2D eigenvalue weighted by Crippen LogP contribution is -2.43. The molecule has 3 aromatic rings. The fraction of sp³-hybridized carbons (Fsp3) is 0.360. The molecule has 2 aromatic carbocycles. The first-order valence-electron chi connectivity index (χ1n) is 11.5. The number of benzene rings is 2. The zero-order valence-corrected chi connectivity index (χ0v) is 21.2. The van der Waals surface area contributed by atoms with Crippen molar-refractivity contribution in [1.29, 1.82) is 0 Å². The molecule has 2 heterocycles. The Kier molecular flexibility index (Phi) is 12.1. The number of rotatable bonds is 6. The van der Waals surface area contributed by atoms with Crippen molar-refractivity contribution in [2.75, 3.05) is 33.7 Å². The van der Waals surface area contributed by atoms with E-state index in [-0.39, 0.29) is 23.3 Å². The molecule has 0 spiro atoms. The SMILES string of the molecule is CN.CNCc1cccc(Cl)c1F.O=Cc1nn(CC(=O)N2CCNCCC2C=O)c2ccccc12. The highest BCUT2D eigenvalue weighted by Gasteiger charge is 2.25. The molecule has 1 unspecified atom stereocenters. The second-order valence-corrected chi connectivity index (χ2v) is 8.16. The van der Waals surface area contributed by atoms with E-state index in [1.54, 1.807) is 30.1 Å². The minimum atomic E-state index is -0.412. The molecule has 9 nitrogen and oxygen atoms in total. The average Bonchev–Trinajstić information content (AvgIpc) is 3.08. The third-order valence-electron chi connectivity index (χ3n) is 5.51. The highest BCUT2D eigenvalue weighted by atomic mass is 35.5. The van der Waals surface area contributed by atoms with Gasteiger partial charge in [0.1, 0.15) is 24.3 Å². The van der Waals surface area contributed by atoms with Crippen LogP contribution in [-0.2, 0) is 22.7 Å². The fourth-order valence-corrected chi connectivity index (χ4v) is 4.00. The van der Waals surface area contributed by atoms with E-state index in [1.165, 1.54) is 17.8 Å². The van der Waals surface area contributed by atoms with E-state index in [2.05, 4.69) is 21.5 Å². The molecular formula is C25H32ClFN6O3. The number of nitrogens with two attached hydrogens (primary N) is 1. The first kappa shape index (κ1) is 29.1. The molecule has 4 N–H and O–H groups in total. The second kappa shape index (κ2) is 15.0. The molecule has 1 saturated heterocycles. The van der Waals surface area contributed by atoms with Crippen molar-refractivity contribution in [2.24, 2.45) is 5.73 Å². The van der Waals surface area contributed by atoms with Crippen LogP contribution >= 0.6 is 11.6 Å². The Morgan fingerprint density at radius 1 is 1.22 bits per heavy atom. The normalized spacial score (nSPS) is 15.1. The minimum absolute atomic E-state index is 0.0126. The quantitative estimate of drug-likeness (QED) is 0.427. The summed E-state index contributed by atoms with van der Waals surface area (Å²) in [6.07, 6.45) is 2.12. The molecule has 0 radical (unpaired) electrons. The first-order valence-corrected chi connectivity index (χ1v) is 11.9. The molecule has 36 heavy (non-hydrogen) atoms. The van der Waals surface area contributed by atoms with Gasteiger partial charge in [-0.05, 0) is 39.2 Å². The maximum atomic E-state index is 13.0. The molecule has 1 fully saturated rings. The summed E-state index contributed by atoms with van der Waals surface area (Å²) in [5.74, 6) is -0.500. The van der Waals surface area contributed by atoms with Crippen LogP contribution in [0.4, 0.5) is 4.39 Å². The maximum absolute atomic E-state index is 13.0. The van der Waals surface area contributed by atoms with E-state index in [9.17, 15) is 18.8 Å². The number of carbonyl (C=O) groups is 3. The summed E-state index contributed by atoms with van der Waals surface area (Å²) >= 11 is 5.55. The summed E-state index contributed by atoms with van der Waals surface area (Å²) in [5, 5.41) is 11.1. The number of nitrogens with zero attached hydrogens (tertiary/aromatic N) is 3. The molecule has 0 aliphatic carbocycles. The Hall–Kier alpha value is -3.18. The van der Waals surface area contributed by atoms with Crippen molar-refractivity contribution in [3.05, 3.63) is 64.6 Å². The molecular weight excluding hydrogens is 487 g/mol. The number of halogens is 2. The number of para-hydroxylation sites is 1. The van der Waals surface area contributed by atoms with Crippen molar-refractivity contribution in [2.45, 2.75) is 25.6 Å². The number of nitrogens with one attached hydrogen (secondary N) is 2. The first-order chi connectivity index (χ1) is 17.5. The number of carbonyl (C=O) groups excluding carboxylic acids is 3. The Balaban J connectivity index is 0.000000295. The van der Waals surface area contributed by atoms with Gasteiger partial charge in [-0.15, -0.1) is 0 Å². The molecule has 1 aliphatic rings. The topological polar surface area (TPSA) is 122 Å². The molecule has 0 saturated carbocycles. The monoisotopic (exact) mass is 518 g/mol. The fourth-order valence-electron chi connectivity index (χ4n) is 3.80. The van der Waals surface area contributed by atoms with Crippen LogP contribution in [0.3, 0.4) is 0 Å². The van der Waals surface area contributed by atoms with Gasteiger partial charge in [0, 0.05) is 30.6 Å². The van der Waals surface area contributed by atoms with Gasteiger partial charge in [-0.25, -0.2) is 4.39 Å². The van der Waals surface area contributed by atoms with E-state index in [0.29, 0.717) is 50.1 Å². The van der Waals surface area contributed by atoms with Gasteiger partial charge in [-0.3, -0.25) is 14.3 Å². The summed E-state index contributed by atoms with van der Waals surface area (Å²) in [6.45, 7) is 2.38. The van der Waals surface area contributed by atoms with Gasteiger partial charge in [0.15, 0.2) is 6.29 Å². The van der Waals surface area contributed by atoms with Crippen molar-refractivity contribution in [3.8, 4) is 0 Å². The van der Waals surface area contributed by atoms with Crippen LogP contribution in [0.1, 0.15) is 22.5 Å². The summed E-state index contributed by atoms with van der Waals surface area (Å²) in [4.78, 5) is 36.6. The number of fused-ring (bicyclic) bond motifs is 1. The Morgan fingerprint density at radius 2 is 1.97 bits per heavy atom. The van der Waals surface area contributed by atoms with Crippen LogP contribution in [0, 0.1) is 5.82 Å². The van der Waals surface area contributed by atoms with Crippen molar-refractivity contribution in [1.82, 2.24) is 25.3 Å². The van der Waals surface area contributed by atoms with Gasteiger partial charge in [-0.1, -0.05) is 41.9 Å². The molecule has 11 heteroatoms. The summed E-state index contributed by atoms with van der Waals surface area (Å²) < 4.78 is 14.5. The van der Waals surface area contributed by atoms with Gasteiger partial charge in [-0.2, -0.15) is 5.10 Å². The number of aromatic nitrogens is 2. The van der Waals surface area contributed by atoms with Crippen LogP contribution in [0.25, 0.3) is 10.9 Å². The van der Waals surface area contributed by atoms with E-state index < -0.39 is 6.04 Å². The standard InChI is InChI=1S/C16H18N4O3.C8H9ClFN.CH5N/c21-10-12-5-6-17-7-8-19(12)16(23)9-20-15-4-2-1-3-13(15)14(11-22)18-20;1-11-5-6-3-2-4-7(9)8(6)10;1-2/h1-4,10-12,17H,5-9H2;2-4,11H,5H2,1H3;2H2,1H3. The lowest BCUT2D eigenvalue weighted by atomic mass is 10.2. The summed E-state index contributed by atoms with van der Waals surface area (Å²) in [6, 6.07) is 11.9. The number of hydrogen-bond donors (Lipinski definition) is 3. The van der Waals surface area contributed by atoms with Crippen LogP contribution < -0.4 is 16.4 Å². The lowest BCUT2D eigenvalue weighted by Gasteiger charge is -2.25. The van der Waals surface area contributed by atoms with E-state index in [1.807, 2.05) is 18.2 Å². The van der Waals surface area contributed by atoms with Crippen LogP contribution in [0.2, 0.25) is 5.02 Å². The summed E-state index contributed by atoms with van der Waals surface area (Å²) in [5.41, 5.74) is 6.15. The Morgan fingerprint density at radius 3 is 2.67 bits per heavy atom. The molecule has 194 valence electrons. The molecule has 0 bridgehead atoms. The Bertz CT molecular complexity index is 1160.